The first kappa shape index (κ1) is 32.8. The van der Waals surface area contributed by atoms with Gasteiger partial charge in [-0.25, -0.2) is 4.79 Å². The fourth-order valence-electron chi connectivity index (χ4n) is 6.27. The molecule has 0 spiro atoms. The predicted octanol–water partition coefficient (Wildman–Crippen LogP) is 9.81. The van der Waals surface area contributed by atoms with Gasteiger partial charge in [0.15, 0.2) is 0 Å². The largest absolute Gasteiger partial charge is 0.493 e. The molecule has 0 N–H and O–H groups in total. The number of ether oxygens (including phenoxy) is 2. The van der Waals surface area contributed by atoms with Crippen molar-refractivity contribution in [2.24, 2.45) is 0 Å². The number of carbonyl (C=O) groups excluding carboxylic acids is 1. The summed E-state index contributed by atoms with van der Waals surface area (Å²) in [5.41, 5.74) is 7.17. The highest BCUT2D eigenvalue weighted by atomic mass is 35.5. The Kier molecular flexibility index (Phi) is 10.1. The number of hydrogen-bond acceptors (Lipinski definition) is 3. The van der Waals surface area contributed by atoms with E-state index >= 15 is 0 Å². The lowest BCUT2D eigenvalue weighted by Gasteiger charge is -2.42. The summed E-state index contributed by atoms with van der Waals surface area (Å²) in [5.74, 6) is 0.626. The number of benzene rings is 3. The molecule has 230 valence electrons. The number of hydrogen-bond donors (Lipinski definition) is 0. The van der Waals surface area contributed by atoms with E-state index in [1.54, 1.807) is 0 Å². The molecule has 3 aromatic rings. The maximum Gasteiger partial charge on any atom is 0.334 e. The number of likely N-dealkylation sites (N-methyl/N-ethyl adjacent to an activating group) is 1. The first-order chi connectivity index (χ1) is 20.2. The molecular weight excluding hydrogens is 554 g/mol. The van der Waals surface area contributed by atoms with E-state index in [4.69, 9.17) is 21.1 Å². The topological polar surface area (TPSA) is 35.5 Å². The third-order valence-electron chi connectivity index (χ3n) is 8.94. The molecule has 0 bridgehead atoms. The van der Waals surface area contributed by atoms with E-state index in [1.165, 1.54) is 11.1 Å². The molecule has 1 heterocycles. The van der Waals surface area contributed by atoms with Gasteiger partial charge in [0.1, 0.15) is 17.4 Å². The number of fused-ring (bicyclic) bond motifs is 1. The molecule has 5 heteroatoms. The van der Waals surface area contributed by atoms with Gasteiger partial charge in [-0.2, -0.15) is 0 Å². The summed E-state index contributed by atoms with van der Waals surface area (Å²) in [6.45, 7) is 16.1. The highest BCUT2D eigenvalue weighted by molar-refractivity contribution is 6.32. The number of carbonyl (C=O) groups is 1. The molecule has 1 atom stereocenters. The zero-order valence-electron chi connectivity index (χ0n) is 27.6. The minimum Gasteiger partial charge on any atom is -0.493 e. The van der Waals surface area contributed by atoms with Crippen molar-refractivity contribution in [1.82, 2.24) is 0 Å². The lowest BCUT2D eigenvalue weighted by Crippen LogP contribution is -2.51. The van der Waals surface area contributed by atoms with Gasteiger partial charge in [-0.05, 0) is 95.0 Å². The van der Waals surface area contributed by atoms with Crippen LogP contribution < -0.4 is 4.74 Å². The summed E-state index contributed by atoms with van der Waals surface area (Å²) < 4.78 is 13.1. The van der Waals surface area contributed by atoms with Crippen molar-refractivity contribution in [2.45, 2.75) is 85.8 Å². The van der Waals surface area contributed by atoms with Gasteiger partial charge < -0.3 is 14.0 Å². The summed E-state index contributed by atoms with van der Waals surface area (Å²) in [4.78, 5) is 13.6. The number of rotatable bonds is 9. The molecule has 0 aliphatic carbocycles. The van der Waals surface area contributed by atoms with E-state index < -0.39 is 5.60 Å². The molecule has 4 nitrogen and oxygen atoms in total. The Labute approximate surface area is 263 Å². The van der Waals surface area contributed by atoms with Crippen LogP contribution in [0.25, 0.3) is 21.9 Å². The Hall–Kier alpha value is -3.08. The van der Waals surface area contributed by atoms with Crippen LogP contribution in [0.4, 0.5) is 0 Å². The fourth-order valence-corrected chi connectivity index (χ4v) is 6.58. The van der Waals surface area contributed by atoms with Crippen LogP contribution in [-0.4, -0.2) is 49.3 Å². The molecule has 3 aromatic carbocycles. The SMILES string of the molecule is CC/C(C(=O)OC(C)(C)C)=C(/CCCOc1cccc2ccccc12)c1ccc(Cl)c(C2=C(C)CC[N+](C)(C)C2C)c1C. The molecule has 1 aliphatic rings. The molecule has 0 amide bonds. The Morgan fingerprint density at radius 3 is 2.42 bits per heavy atom. The minimum atomic E-state index is -0.580. The molecule has 43 heavy (non-hydrogen) atoms. The highest BCUT2D eigenvalue weighted by Gasteiger charge is 2.35. The van der Waals surface area contributed by atoms with Crippen LogP contribution >= 0.6 is 11.6 Å². The number of nitrogens with zero attached hydrogens (tertiary/aromatic N) is 1. The lowest BCUT2D eigenvalue weighted by molar-refractivity contribution is -0.905. The molecule has 0 fully saturated rings. The molecule has 0 saturated heterocycles. The van der Waals surface area contributed by atoms with Crippen molar-refractivity contribution < 1.29 is 18.8 Å². The fraction of sp³-hybridized carbons (Fsp3) is 0.447. The second kappa shape index (κ2) is 13.3. The third kappa shape index (κ3) is 7.36. The molecule has 1 unspecified atom stereocenters. The van der Waals surface area contributed by atoms with Crippen LogP contribution in [0.1, 0.15) is 83.9 Å². The molecular formula is C38H49ClNO3+. The molecule has 1 aliphatic heterocycles. The average Bonchev–Trinajstić information content (AvgIpc) is 2.94. The standard InChI is InChI=1S/C38H49ClNO3/c1-10-29(37(41)43-38(5,6)7)32(18-14-24-42-34-19-13-16-28-15-11-12-17-31(28)34)30-20-21-33(39)36(26(30)3)35-25(2)22-23-40(8,9)27(35)4/h11-13,15-17,19-21,27H,10,14,18,22-24H2,1-9H3/q+1/b32-29+. The van der Waals surface area contributed by atoms with Crippen molar-refractivity contribution >= 4 is 39.5 Å². The first-order valence-electron chi connectivity index (χ1n) is 15.6. The number of quaternary nitrogens is 1. The lowest BCUT2D eigenvalue weighted by atomic mass is 9.82. The molecule has 4 rings (SSSR count). The van der Waals surface area contributed by atoms with E-state index in [2.05, 4.69) is 59.1 Å². The van der Waals surface area contributed by atoms with Crippen LogP contribution in [-0.2, 0) is 9.53 Å². The van der Waals surface area contributed by atoms with E-state index in [0.717, 1.165) is 73.3 Å². The van der Waals surface area contributed by atoms with Gasteiger partial charge in [0.2, 0.25) is 0 Å². The van der Waals surface area contributed by atoms with E-state index in [-0.39, 0.29) is 5.97 Å². The van der Waals surface area contributed by atoms with Gasteiger partial charge in [-0.1, -0.05) is 66.6 Å². The van der Waals surface area contributed by atoms with Crippen LogP contribution in [0.5, 0.6) is 5.75 Å². The van der Waals surface area contributed by atoms with Crippen molar-refractivity contribution in [1.29, 1.82) is 0 Å². The second-order valence-electron chi connectivity index (χ2n) is 13.5. The highest BCUT2D eigenvalue weighted by Crippen LogP contribution is 2.42. The van der Waals surface area contributed by atoms with Crippen LogP contribution in [0.15, 0.2) is 65.7 Å². The van der Waals surface area contributed by atoms with Gasteiger partial charge >= 0.3 is 5.97 Å². The maximum atomic E-state index is 13.6. The summed E-state index contributed by atoms with van der Waals surface area (Å²) in [6.07, 6.45) is 3.06. The summed E-state index contributed by atoms with van der Waals surface area (Å²) in [6, 6.07) is 18.8. The summed E-state index contributed by atoms with van der Waals surface area (Å²) in [5, 5.41) is 3.03. The van der Waals surface area contributed by atoms with Crippen molar-refractivity contribution in [3.05, 3.63) is 87.5 Å². The van der Waals surface area contributed by atoms with Gasteiger partial charge in [-0.3, -0.25) is 0 Å². The molecule has 0 radical (unpaired) electrons. The Balaban J connectivity index is 1.74. The number of halogens is 1. The second-order valence-corrected chi connectivity index (χ2v) is 13.9. The van der Waals surface area contributed by atoms with Gasteiger partial charge in [0.05, 0.1) is 27.2 Å². The van der Waals surface area contributed by atoms with Crippen LogP contribution in [0.2, 0.25) is 5.02 Å². The Bertz CT molecular complexity index is 1550. The van der Waals surface area contributed by atoms with E-state index in [0.29, 0.717) is 25.5 Å². The maximum absolute atomic E-state index is 13.6. The van der Waals surface area contributed by atoms with E-state index in [9.17, 15) is 4.79 Å². The van der Waals surface area contributed by atoms with Crippen LogP contribution in [0, 0.1) is 6.92 Å². The Morgan fingerprint density at radius 1 is 1.02 bits per heavy atom. The summed E-state index contributed by atoms with van der Waals surface area (Å²) >= 11 is 7.00. The predicted molar refractivity (Wildman–Crippen MR) is 182 cm³/mol. The smallest absolute Gasteiger partial charge is 0.334 e. The normalized spacial score (nSPS) is 17.6. The van der Waals surface area contributed by atoms with Gasteiger partial charge in [0, 0.05) is 33.5 Å². The molecule has 0 saturated carbocycles. The van der Waals surface area contributed by atoms with Crippen molar-refractivity contribution in [2.75, 3.05) is 27.2 Å². The van der Waals surface area contributed by atoms with Crippen LogP contribution in [0.3, 0.4) is 0 Å². The van der Waals surface area contributed by atoms with Crippen molar-refractivity contribution in [3.63, 3.8) is 0 Å². The summed E-state index contributed by atoms with van der Waals surface area (Å²) in [7, 11) is 4.59. The quantitative estimate of drug-likeness (QED) is 0.106. The number of allylic oxidation sites excluding steroid dienone is 1. The van der Waals surface area contributed by atoms with Crippen molar-refractivity contribution in [3.8, 4) is 5.75 Å². The Morgan fingerprint density at radius 2 is 1.72 bits per heavy atom. The third-order valence-corrected chi connectivity index (χ3v) is 9.25. The number of esters is 1. The average molecular weight is 603 g/mol. The monoisotopic (exact) mass is 602 g/mol. The van der Waals surface area contributed by atoms with E-state index in [1.807, 2.05) is 58.0 Å². The van der Waals surface area contributed by atoms with Gasteiger partial charge in [0.25, 0.3) is 0 Å². The zero-order chi connectivity index (χ0) is 31.5. The van der Waals surface area contributed by atoms with Gasteiger partial charge in [-0.15, -0.1) is 0 Å². The molecule has 0 aromatic heterocycles. The zero-order valence-corrected chi connectivity index (χ0v) is 28.3. The first-order valence-corrected chi connectivity index (χ1v) is 16.0. The minimum absolute atomic E-state index is 0.255.